The first-order valence-corrected chi connectivity index (χ1v) is 8.09. The number of aryl methyl sites for hydroxylation is 1. The van der Waals surface area contributed by atoms with Crippen molar-refractivity contribution in [1.29, 1.82) is 0 Å². The minimum Gasteiger partial charge on any atom is -0.370 e. The van der Waals surface area contributed by atoms with Crippen LogP contribution < -0.4 is 11.1 Å². The highest BCUT2D eigenvalue weighted by atomic mass is 32.2. The zero-order chi connectivity index (χ0) is 13.7. The summed E-state index contributed by atoms with van der Waals surface area (Å²) in [6, 6.07) is 6.47. The summed E-state index contributed by atoms with van der Waals surface area (Å²) in [5.41, 5.74) is 8.43. The normalized spacial score (nSPS) is 16.2. The third-order valence-corrected chi connectivity index (χ3v) is 4.48. The number of hydrogen-bond acceptors (Lipinski definition) is 2. The van der Waals surface area contributed by atoms with E-state index in [-0.39, 0.29) is 0 Å². The Kier molecular flexibility index (Phi) is 5.14. The molecule has 0 amide bonds. The van der Waals surface area contributed by atoms with Crippen molar-refractivity contribution in [3.05, 3.63) is 29.3 Å². The van der Waals surface area contributed by atoms with Gasteiger partial charge in [0.25, 0.3) is 0 Å². The topological polar surface area (TPSA) is 50.4 Å². The quantitative estimate of drug-likeness (QED) is 0.494. The first kappa shape index (κ1) is 14.3. The highest BCUT2D eigenvalue weighted by Crippen LogP contribution is 2.25. The summed E-state index contributed by atoms with van der Waals surface area (Å²) in [5.74, 6) is 1.37. The Morgan fingerprint density at radius 2 is 2.26 bits per heavy atom. The second-order valence-corrected chi connectivity index (χ2v) is 6.04. The van der Waals surface area contributed by atoms with E-state index < -0.39 is 0 Å². The molecule has 0 saturated heterocycles. The van der Waals surface area contributed by atoms with E-state index in [0.717, 1.165) is 12.5 Å². The van der Waals surface area contributed by atoms with Gasteiger partial charge in [-0.25, -0.2) is 4.99 Å². The van der Waals surface area contributed by atoms with Crippen LogP contribution in [-0.2, 0) is 6.54 Å². The first-order valence-electron chi connectivity index (χ1n) is 6.86. The van der Waals surface area contributed by atoms with E-state index in [9.17, 15) is 0 Å². The summed E-state index contributed by atoms with van der Waals surface area (Å²) in [6.07, 6.45) is 6.12. The van der Waals surface area contributed by atoms with Crippen LogP contribution in [0.3, 0.4) is 0 Å². The molecule has 1 aromatic rings. The van der Waals surface area contributed by atoms with E-state index in [2.05, 4.69) is 41.7 Å². The molecule has 0 aromatic heterocycles. The Morgan fingerprint density at radius 1 is 1.47 bits per heavy atom. The molecule has 2 rings (SSSR count). The summed E-state index contributed by atoms with van der Waals surface area (Å²) < 4.78 is 0. The van der Waals surface area contributed by atoms with Gasteiger partial charge in [0.15, 0.2) is 5.96 Å². The van der Waals surface area contributed by atoms with E-state index in [0.29, 0.717) is 12.5 Å². The van der Waals surface area contributed by atoms with Crippen molar-refractivity contribution in [2.75, 3.05) is 12.8 Å². The fourth-order valence-electron chi connectivity index (χ4n) is 2.15. The maximum absolute atomic E-state index is 5.90. The van der Waals surface area contributed by atoms with E-state index in [1.54, 1.807) is 11.8 Å². The van der Waals surface area contributed by atoms with Crippen LogP contribution in [0.15, 0.2) is 28.1 Å². The predicted octanol–water partition coefficient (Wildman–Crippen LogP) is 2.92. The zero-order valence-corrected chi connectivity index (χ0v) is 12.6. The van der Waals surface area contributed by atoms with Gasteiger partial charge in [0, 0.05) is 11.4 Å². The van der Waals surface area contributed by atoms with Gasteiger partial charge >= 0.3 is 0 Å². The Balaban J connectivity index is 1.88. The molecule has 0 heterocycles. The van der Waals surface area contributed by atoms with Crippen molar-refractivity contribution < 1.29 is 0 Å². The molecule has 0 radical (unpaired) electrons. The smallest absolute Gasteiger partial charge is 0.188 e. The van der Waals surface area contributed by atoms with Gasteiger partial charge in [-0.15, -0.1) is 11.8 Å². The van der Waals surface area contributed by atoms with Crippen LogP contribution in [0.25, 0.3) is 0 Å². The second kappa shape index (κ2) is 6.85. The Labute approximate surface area is 120 Å². The number of nitrogens with one attached hydrogen (secondary N) is 1. The van der Waals surface area contributed by atoms with Gasteiger partial charge in [-0.2, -0.15) is 0 Å². The number of thioether (sulfide) groups is 1. The molecule has 3 N–H and O–H groups in total. The van der Waals surface area contributed by atoms with Crippen LogP contribution in [0, 0.1) is 12.8 Å². The molecule has 4 heteroatoms. The standard InChI is InChI=1S/C15H23N3S/c1-11-6-7-13(14(8-11)19-2)10-18-15(16)17-9-12-4-3-5-12/h6-8,12H,3-5,9-10H2,1-2H3,(H3,16,17,18). The van der Waals surface area contributed by atoms with Crippen LogP contribution in [0.4, 0.5) is 0 Å². The maximum Gasteiger partial charge on any atom is 0.188 e. The average molecular weight is 277 g/mol. The van der Waals surface area contributed by atoms with Gasteiger partial charge in [-0.1, -0.05) is 18.6 Å². The minimum atomic E-state index is 0.569. The molecular formula is C15H23N3S. The molecule has 1 aromatic carbocycles. The predicted molar refractivity (Wildman–Crippen MR) is 83.6 cm³/mol. The molecule has 0 unspecified atom stereocenters. The fourth-order valence-corrected chi connectivity index (χ4v) is 2.85. The summed E-state index contributed by atoms with van der Waals surface area (Å²) in [7, 11) is 0. The summed E-state index contributed by atoms with van der Waals surface area (Å²) in [5, 5.41) is 3.22. The first-order chi connectivity index (χ1) is 9.19. The van der Waals surface area contributed by atoms with Crippen LogP contribution in [-0.4, -0.2) is 18.8 Å². The lowest BCUT2D eigenvalue weighted by Gasteiger charge is -2.25. The molecule has 0 atom stereocenters. The summed E-state index contributed by atoms with van der Waals surface area (Å²) in [6.45, 7) is 3.74. The largest absolute Gasteiger partial charge is 0.370 e. The van der Waals surface area contributed by atoms with Crippen molar-refractivity contribution in [3.8, 4) is 0 Å². The fraction of sp³-hybridized carbons (Fsp3) is 0.533. The molecule has 19 heavy (non-hydrogen) atoms. The molecule has 1 aliphatic carbocycles. The molecule has 1 fully saturated rings. The van der Waals surface area contributed by atoms with Crippen molar-refractivity contribution in [2.45, 2.75) is 37.6 Å². The average Bonchev–Trinajstić information content (AvgIpc) is 2.35. The van der Waals surface area contributed by atoms with Crippen molar-refractivity contribution in [1.82, 2.24) is 5.32 Å². The van der Waals surface area contributed by atoms with Crippen LogP contribution in [0.5, 0.6) is 0 Å². The Morgan fingerprint density at radius 3 is 2.89 bits per heavy atom. The molecular weight excluding hydrogens is 254 g/mol. The van der Waals surface area contributed by atoms with E-state index in [1.165, 1.54) is 35.3 Å². The number of hydrogen-bond donors (Lipinski definition) is 2. The third kappa shape index (κ3) is 4.16. The third-order valence-electron chi connectivity index (χ3n) is 3.66. The number of nitrogens with two attached hydrogens (primary N) is 1. The summed E-state index contributed by atoms with van der Waals surface area (Å²) >= 11 is 1.76. The van der Waals surface area contributed by atoms with Crippen molar-refractivity contribution >= 4 is 17.7 Å². The van der Waals surface area contributed by atoms with Crippen LogP contribution in [0.2, 0.25) is 0 Å². The molecule has 3 nitrogen and oxygen atoms in total. The molecule has 0 spiro atoms. The summed E-state index contributed by atoms with van der Waals surface area (Å²) in [4.78, 5) is 5.72. The lowest BCUT2D eigenvalue weighted by atomic mass is 9.85. The van der Waals surface area contributed by atoms with E-state index >= 15 is 0 Å². The van der Waals surface area contributed by atoms with Gasteiger partial charge < -0.3 is 11.1 Å². The van der Waals surface area contributed by atoms with Crippen LogP contribution >= 0.6 is 11.8 Å². The van der Waals surface area contributed by atoms with E-state index in [4.69, 9.17) is 5.73 Å². The number of guanidine groups is 1. The maximum atomic E-state index is 5.90. The number of aliphatic imine (C=N–C) groups is 1. The number of nitrogens with zero attached hydrogens (tertiary/aromatic N) is 1. The minimum absolute atomic E-state index is 0.569. The molecule has 104 valence electrons. The molecule has 0 bridgehead atoms. The Hall–Kier alpha value is -1.16. The van der Waals surface area contributed by atoms with Gasteiger partial charge in [-0.3, -0.25) is 0 Å². The Bertz CT molecular complexity index is 453. The highest BCUT2D eigenvalue weighted by Gasteiger charge is 2.16. The number of rotatable bonds is 5. The lowest BCUT2D eigenvalue weighted by Crippen LogP contribution is -2.37. The second-order valence-electron chi connectivity index (χ2n) is 5.19. The van der Waals surface area contributed by atoms with Gasteiger partial charge in [0.05, 0.1) is 6.54 Å². The highest BCUT2D eigenvalue weighted by molar-refractivity contribution is 7.98. The van der Waals surface area contributed by atoms with Crippen molar-refractivity contribution in [3.63, 3.8) is 0 Å². The molecule has 1 aliphatic rings. The van der Waals surface area contributed by atoms with Gasteiger partial charge in [0.1, 0.15) is 0 Å². The van der Waals surface area contributed by atoms with E-state index in [1.807, 2.05) is 0 Å². The van der Waals surface area contributed by atoms with Gasteiger partial charge in [-0.05, 0) is 49.1 Å². The molecule has 1 saturated carbocycles. The monoisotopic (exact) mass is 277 g/mol. The van der Waals surface area contributed by atoms with Gasteiger partial charge in [0.2, 0.25) is 0 Å². The molecule has 0 aliphatic heterocycles. The lowest BCUT2D eigenvalue weighted by molar-refractivity contribution is 0.315. The number of benzene rings is 1. The zero-order valence-electron chi connectivity index (χ0n) is 11.8. The van der Waals surface area contributed by atoms with Crippen LogP contribution in [0.1, 0.15) is 30.4 Å². The van der Waals surface area contributed by atoms with Crippen molar-refractivity contribution in [2.24, 2.45) is 16.6 Å². The SMILES string of the molecule is CSc1cc(C)ccc1CN=C(N)NCC1CCC1.